The van der Waals surface area contributed by atoms with Crippen LogP contribution in [0.25, 0.3) is 0 Å². The lowest BCUT2D eigenvalue weighted by Gasteiger charge is -2.36. The maximum atomic E-state index is 12.7. The number of benzene rings is 1. The predicted octanol–water partition coefficient (Wildman–Crippen LogP) is 5.22. The second kappa shape index (κ2) is 9.45. The summed E-state index contributed by atoms with van der Waals surface area (Å²) in [6, 6.07) is 9.45. The molecule has 3 rings (SSSR count). The molecule has 2 aromatic rings. The number of unbranched alkanes of at least 4 members (excludes halogenated alkanes) is 2. The standard InChI is InChI=1S/C21H25F3N2OS/c22-21(23,24)17-8-10-18(11-9-17)25-12-14-26(15-13-25)20(27)7-3-1-2-5-19-6-4-16-28-19/h4,6,8-11,16H,1-3,5,7,12-15H2. The zero-order valence-corrected chi connectivity index (χ0v) is 16.6. The van der Waals surface area contributed by atoms with Crippen LogP contribution in [0.4, 0.5) is 18.9 Å². The highest BCUT2D eigenvalue weighted by Gasteiger charge is 2.30. The Morgan fingerprint density at radius 1 is 0.964 bits per heavy atom. The van der Waals surface area contributed by atoms with Crippen molar-refractivity contribution in [2.75, 3.05) is 31.1 Å². The molecule has 2 heterocycles. The molecule has 0 atom stereocenters. The van der Waals surface area contributed by atoms with E-state index in [1.165, 1.54) is 17.0 Å². The maximum Gasteiger partial charge on any atom is 0.416 e. The van der Waals surface area contributed by atoms with Crippen LogP contribution in [-0.2, 0) is 17.4 Å². The van der Waals surface area contributed by atoms with E-state index in [2.05, 4.69) is 17.5 Å². The molecule has 1 amide bonds. The van der Waals surface area contributed by atoms with E-state index in [-0.39, 0.29) is 5.91 Å². The number of piperazine rings is 1. The molecule has 1 aliphatic heterocycles. The van der Waals surface area contributed by atoms with Crippen molar-refractivity contribution < 1.29 is 18.0 Å². The van der Waals surface area contributed by atoms with Gasteiger partial charge >= 0.3 is 6.18 Å². The Labute approximate surface area is 167 Å². The van der Waals surface area contributed by atoms with Gasteiger partial charge in [0.25, 0.3) is 0 Å². The van der Waals surface area contributed by atoms with Crippen LogP contribution in [0, 0.1) is 0 Å². The van der Waals surface area contributed by atoms with Gasteiger partial charge in [-0.15, -0.1) is 11.3 Å². The number of carbonyl (C=O) groups excluding carboxylic acids is 1. The van der Waals surface area contributed by atoms with Gasteiger partial charge in [0.1, 0.15) is 0 Å². The Morgan fingerprint density at radius 3 is 2.29 bits per heavy atom. The lowest BCUT2D eigenvalue weighted by molar-refractivity contribution is -0.137. The molecule has 7 heteroatoms. The SMILES string of the molecule is O=C(CCCCCc1cccs1)N1CCN(c2ccc(C(F)(F)F)cc2)CC1. The number of aryl methyl sites for hydroxylation is 1. The Bertz CT molecular complexity index is 736. The molecule has 28 heavy (non-hydrogen) atoms. The van der Waals surface area contributed by atoms with E-state index in [4.69, 9.17) is 0 Å². The molecule has 0 aliphatic carbocycles. The molecule has 0 unspecified atom stereocenters. The van der Waals surface area contributed by atoms with Crippen molar-refractivity contribution in [2.45, 2.75) is 38.3 Å². The molecule has 3 nitrogen and oxygen atoms in total. The van der Waals surface area contributed by atoms with Gasteiger partial charge in [0.15, 0.2) is 0 Å². The molecule has 1 saturated heterocycles. The highest BCUT2D eigenvalue weighted by Crippen LogP contribution is 2.30. The van der Waals surface area contributed by atoms with Gasteiger partial charge in [0.2, 0.25) is 5.91 Å². The van der Waals surface area contributed by atoms with Crippen molar-refractivity contribution in [3.8, 4) is 0 Å². The second-order valence-electron chi connectivity index (χ2n) is 7.05. The summed E-state index contributed by atoms with van der Waals surface area (Å²) >= 11 is 1.77. The van der Waals surface area contributed by atoms with Gasteiger partial charge in [-0.3, -0.25) is 4.79 Å². The van der Waals surface area contributed by atoms with Crippen LogP contribution in [-0.4, -0.2) is 37.0 Å². The highest BCUT2D eigenvalue weighted by molar-refractivity contribution is 7.09. The summed E-state index contributed by atoms with van der Waals surface area (Å²) in [5, 5.41) is 2.09. The van der Waals surface area contributed by atoms with E-state index in [0.29, 0.717) is 32.6 Å². The van der Waals surface area contributed by atoms with Crippen molar-refractivity contribution in [2.24, 2.45) is 0 Å². The summed E-state index contributed by atoms with van der Waals surface area (Å²) in [6.45, 7) is 2.54. The average Bonchev–Trinajstić information content (AvgIpc) is 3.21. The number of nitrogens with zero attached hydrogens (tertiary/aromatic N) is 2. The van der Waals surface area contributed by atoms with Gasteiger partial charge in [-0.05, 0) is 55.0 Å². The molecule has 0 saturated carbocycles. The third-order valence-corrected chi connectivity index (χ3v) is 6.02. The van der Waals surface area contributed by atoms with Crippen LogP contribution in [0.2, 0.25) is 0 Å². The summed E-state index contributed by atoms with van der Waals surface area (Å²) in [5.41, 5.74) is 0.137. The normalized spacial score (nSPS) is 15.1. The molecular weight excluding hydrogens is 385 g/mol. The van der Waals surface area contributed by atoms with Gasteiger partial charge in [-0.1, -0.05) is 12.5 Å². The fourth-order valence-electron chi connectivity index (χ4n) is 3.44. The Morgan fingerprint density at radius 2 is 1.68 bits per heavy atom. The Hall–Kier alpha value is -2.02. The number of hydrogen-bond donors (Lipinski definition) is 0. The zero-order chi connectivity index (χ0) is 20.0. The van der Waals surface area contributed by atoms with Crippen molar-refractivity contribution in [1.29, 1.82) is 0 Å². The first kappa shape index (κ1) is 20.7. The molecule has 152 valence electrons. The maximum absolute atomic E-state index is 12.7. The molecule has 1 aromatic heterocycles. The number of amides is 1. The van der Waals surface area contributed by atoms with Crippen molar-refractivity contribution in [3.05, 3.63) is 52.2 Å². The molecule has 0 spiro atoms. The number of anilines is 1. The van der Waals surface area contributed by atoms with Crippen LogP contribution in [0.5, 0.6) is 0 Å². The summed E-state index contributed by atoms with van der Waals surface area (Å²) in [6.07, 6.45) is 0.407. The molecule has 0 N–H and O–H groups in total. The van der Waals surface area contributed by atoms with Crippen LogP contribution in [0.3, 0.4) is 0 Å². The van der Waals surface area contributed by atoms with Gasteiger partial charge in [0, 0.05) is 43.2 Å². The third-order valence-electron chi connectivity index (χ3n) is 5.09. The first-order chi connectivity index (χ1) is 13.4. The molecule has 0 radical (unpaired) electrons. The molecule has 0 bridgehead atoms. The Balaban J connectivity index is 1.36. The largest absolute Gasteiger partial charge is 0.416 e. The van der Waals surface area contributed by atoms with Crippen LogP contribution in [0.15, 0.2) is 41.8 Å². The van der Waals surface area contributed by atoms with Crippen LogP contribution in [0.1, 0.15) is 36.1 Å². The number of rotatable bonds is 7. The first-order valence-corrected chi connectivity index (χ1v) is 10.5. The molecule has 1 aliphatic rings. The smallest absolute Gasteiger partial charge is 0.368 e. The summed E-state index contributed by atoms with van der Waals surface area (Å²) in [7, 11) is 0. The monoisotopic (exact) mass is 410 g/mol. The number of thiophene rings is 1. The van der Waals surface area contributed by atoms with Gasteiger partial charge < -0.3 is 9.80 Å². The summed E-state index contributed by atoms with van der Waals surface area (Å²) < 4.78 is 38.0. The molecule has 1 aromatic carbocycles. The van der Waals surface area contributed by atoms with Gasteiger partial charge in [0.05, 0.1) is 5.56 Å². The summed E-state index contributed by atoms with van der Waals surface area (Å²) in [5.74, 6) is 0.184. The van der Waals surface area contributed by atoms with E-state index in [1.54, 1.807) is 11.3 Å². The second-order valence-corrected chi connectivity index (χ2v) is 8.08. The number of carbonyl (C=O) groups is 1. The fraction of sp³-hybridized carbons (Fsp3) is 0.476. The zero-order valence-electron chi connectivity index (χ0n) is 15.8. The van der Waals surface area contributed by atoms with Gasteiger partial charge in [-0.2, -0.15) is 13.2 Å². The first-order valence-electron chi connectivity index (χ1n) is 9.66. The van der Waals surface area contributed by atoms with Crippen molar-refractivity contribution in [3.63, 3.8) is 0 Å². The number of hydrogen-bond acceptors (Lipinski definition) is 3. The lowest BCUT2D eigenvalue weighted by atomic mass is 10.1. The van der Waals surface area contributed by atoms with Crippen LogP contribution >= 0.6 is 11.3 Å². The highest BCUT2D eigenvalue weighted by atomic mass is 32.1. The molecular formula is C21H25F3N2OS. The van der Waals surface area contributed by atoms with E-state index >= 15 is 0 Å². The summed E-state index contributed by atoms with van der Waals surface area (Å²) in [4.78, 5) is 17.7. The minimum absolute atomic E-state index is 0.184. The van der Waals surface area contributed by atoms with E-state index in [0.717, 1.165) is 43.5 Å². The quantitative estimate of drug-likeness (QED) is 0.585. The van der Waals surface area contributed by atoms with Crippen molar-refractivity contribution >= 4 is 22.9 Å². The minimum atomic E-state index is -4.31. The topological polar surface area (TPSA) is 23.6 Å². The van der Waals surface area contributed by atoms with E-state index in [1.807, 2.05) is 9.80 Å². The van der Waals surface area contributed by atoms with Crippen LogP contribution < -0.4 is 4.90 Å². The van der Waals surface area contributed by atoms with Crippen molar-refractivity contribution in [1.82, 2.24) is 4.90 Å². The fourth-order valence-corrected chi connectivity index (χ4v) is 4.19. The lowest BCUT2D eigenvalue weighted by Crippen LogP contribution is -2.48. The van der Waals surface area contributed by atoms with Gasteiger partial charge in [-0.25, -0.2) is 0 Å². The number of halogens is 3. The number of alkyl halides is 3. The molecule has 1 fully saturated rings. The minimum Gasteiger partial charge on any atom is -0.368 e. The third kappa shape index (κ3) is 5.74. The Kier molecular flexibility index (Phi) is 6.99. The predicted molar refractivity (Wildman–Crippen MR) is 107 cm³/mol. The average molecular weight is 411 g/mol. The van der Waals surface area contributed by atoms with E-state index in [9.17, 15) is 18.0 Å². The van der Waals surface area contributed by atoms with E-state index < -0.39 is 11.7 Å².